The Kier molecular flexibility index (Phi) is 19.3. The molecular formula is C50H62F2N6O5. The maximum Gasteiger partial charge on any atom is 0.268 e. The second-order valence-electron chi connectivity index (χ2n) is 14.9. The molecule has 0 bridgehead atoms. The van der Waals surface area contributed by atoms with Crippen molar-refractivity contribution in [3.63, 3.8) is 0 Å². The van der Waals surface area contributed by atoms with Crippen LogP contribution in [0.15, 0.2) is 91.1 Å². The summed E-state index contributed by atoms with van der Waals surface area (Å²) in [7, 11) is 3.08. The van der Waals surface area contributed by atoms with Gasteiger partial charge in [0, 0.05) is 48.0 Å². The van der Waals surface area contributed by atoms with E-state index < -0.39 is 43.3 Å². The number of amides is 3. The van der Waals surface area contributed by atoms with E-state index in [1.807, 2.05) is 64.1 Å². The van der Waals surface area contributed by atoms with E-state index in [-0.39, 0.29) is 23.4 Å². The van der Waals surface area contributed by atoms with E-state index in [2.05, 4.69) is 51.7 Å². The molecular weight excluding hydrogens is 803 g/mol. The number of hydrogen-bond donors (Lipinski definition) is 3. The highest BCUT2D eigenvalue weighted by atomic mass is 19.3. The summed E-state index contributed by atoms with van der Waals surface area (Å²) in [5.41, 5.74) is 7.86. The van der Waals surface area contributed by atoms with Crippen molar-refractivity contribution in [1.29, 1.82) is 5.26 Å². The summed E-state index contributed by atoms with van der Waals surface area (Å²) in [6.07, 6.45) is 7.06. The summed E-state index contributed by atoms with van der Waals surface area (Å²) in [5, 5.41) is 18.0. The van der Waals surface area contributed by atoms with Crippen molar-refractivity contribution in [2.24, 2.45) is 11.7 Å². The van der Waals surface area contributed by atoms with Gasteiger partial charge in [-0.15, -0.1) is 0 Å². The van der Waals surface area contributed by atoms with Gasteiger partial charge in [-0.2, -0.15) is 5.26 Å². The minimum absolute atomic E-state index is 0.0210. The average Bonchev–Trinajstić information content (AvgIpc) is 3.66. The van der Waals surface area contributed by atoms with Gasteiger partial charge in [0.05, 0.1) is 44.0 Å². The Morgan fingerprint density at radius 1 is 0.937 bits per heavy atom. The van der Waals surface area contributed by atoms with Gasteiger partial charge in [-0.25, -0.2) is 8.78 Å². The largest absolute Gasteiger partial charge is 0.497 e. The minimum Gasteiger partial charge on any atom is -0.497 e. The lowest BCUT2D eigenvalue weighted by atomic mass is 9.88. The molecule has 3 amide bonds. The molecule has 4 N–H and O–H groups in total. The number of halogens is 2. The van der Waals surface area contributed by atoms with Gasteiger partial charge in [0.2, 0.25) is 11.8 Å². The molecule has 5 aromatic rings. The molecule has 2 fully saturated rings. The number of hydrogen-bond acceptors (Lipinski definition) is 8. The number of ether oxygens (including phenoxy) is 2. The fourth-order valence-corrected chi connectivity index (χ4v) is 7.92. The molecule has 1 saturated carbocycles. The number of nitriles is 1. The first-order chi connectivity index (χ1) is 30.6. The number of methoxy groups -OCH3 is 1. The maximum atomic E-state index is 13.9. The third-order valence-electron chi connectivity index (χ3n) is 11.0. The molecule has 0 radical (unpaired) electrons. The summed E-state index contributed by atoms with van der Waals surface area (Å²) in [6, 6.07) is 27.4. The summed E-state index contributed by atoms with van der Waals surface area (Å²) in [6.45, 7) is 6.89. The highest BCUT2D eigenvalue weighted by molar-refractivity contribution is 6.07. The highest BCUT2D eigenvalue weighted by Gasteiger charge is 2.47. The SMILES string of the molecule is CC.CC.CN.COc1ccc(-c2ccc3nccc(C(=O)NCC(=O)N4CC(F)(F)CC4C#N)c3c2)c(OCCC(Cc2ccc3ccccc3c2)NC(=O)C2CCCCC2)c1. The van der Waals surface area contributed by atoms with Crippen LogP contribution in [0.1, 0.15) is 88.6 Å². The lowest BCUT2D eigenvalue weighted by molar-refractivity contribution is -0.131. The number of likely N-dealkylation sites (tertiary alicyclic amines) is 1. The number of fused-ring (bicyclic) bond motifs is 2. The Morgan fingerprint density at radius 2 is 1.67 bits per heavy atom. The molecule has 1 aromatic heterocycles. The van der Waals surface area contributed by atoms with Crippen molar-refractivity contribution in [1.82, 2.24) is 20.5 Å². The zero-order valence-corrected chi connectivity index (χ0v) is 37.4. The van der Waals surface area contributed by atoms with Gasteiger partial charge in [0.15, 0.2) is 0 Å². The second-order valence-corrected chi connectivity index (χ2v) is 14.9. The first kappa shape index (κ1) is 49.5. The molecule has 2 atom stereocenters. The van der Waals surface area contributed by atoms with Gasteiger partial charge in [-0.05, 0) is 78.5 Å². The number of nitrogens with two attached hydrogens (primary N) is 1. The predicted molar refractivity (Wildman–Crippen MR) is 246 cm³/mol. The van der Waals surface area contributed by atoms with Crippen molar-refractivity contribution in [2.75, 3.05) is 33.9 Å². The molecule has 1 aliphatic carbocycles. The van der Waals surface area contributed by atoms with E-state index in [1.54, 1.807) is 25.3 Å². The number of aromatic nitrogens is 1. The van der Waals surface area contributed by atoms with Crippen LogP contribution in [0.2, 0.25) is 0 Å². The Labute approximate surface area is 370 Å². The van der Waals surface area contributed by atoms with Crippen LogP contribution in [0.25, 0.3) is 32.8 Å². The number of carbonyl (C=O) groups is 3. The van der Waals surface area contributed by atoms with Gasteiger partial charge >= 0.3 is 0 Å². The van der Waals surface area contributed by atoms with Crippen molar-refractivity contribution in [3.8, 4) is 28.7 Å². The second kappa shape index (κ2) is 24.5. The Hall–Kier alpha value is -6.13. The Balaban J connectivity index is 0.00000139. The van der Waals surface area contributed by atoms with E-state index in [1.165, 1.54) is 25.7 Å². The van der Waals surface area contributed by atoms with E-state index in [0.29, 0.717) is 41.9 Å². The Morgan fingerprint density at radius 3 is 2.38 bits per heavy atom. The van der Waals surface area contributed by atoms with Crippen LogP contribution < -0.4 is 25.8 Å². The molecule has 2 heterocycles. The van der Waals surface area contributed by atoms with E-state index in [4.69, 9.17) is 9.47 Å². The van der Waals surface area contributed by atoms with Gasteiger partial charge in [-0.1, -0.05) is 95.5 Å². The third-order valence-corrected chi connectivity index (χ3v) is 11.0. The molecule has 63 heavy (non-hydrogen) atoms. The molecule has 0 spiro atoms. The number of nitrogens with zero attached hydrogens (tertiary/aromatic N) is 3. The lowest BCUT2D eigenvalue weighted by Gasteiger charge is -2.25. The van der Waals surface area contributed by atoms with Gasteiger partial charge < -0.3 is 30.7 Å². The molecule has 1 saturated heterocycles. The van der Waals surface area contributed by atoms with E-state index >= 15 is 0 Å². The molecule has 1 aliphatic heterocycles. The monoisotopic (exact) mass is 864 g/mol. The average molecular weight is 865 g/mol. The highest BCUT2D eigenvalue weighted by Crippen LogP contribution is 2.36. The number of alkyl halides is 2. The van der Waals surface area contributed by atoms with Crippen molar-refractivity contribution >= 4 is 39.4 Å². The van der Waals surface area contributed by atoms with Crippen molar-refractivity contribution in [2.45, 2.75) is 97.1 Å². The number of carbonyl (C=O) groups excluding carboxylic acids is 3. The van der Waals surface area contributed by atoms with Crippen LogP contribution in [-0.2, 0) is 16.0 Å². The van der Waals surface area contributed by atoms with Crippen LogP contribution in [-0.4, -0.2) is 79.5 Å². The van der Waals surface area contributed by atoms with E-state index in [0.717, 1.165) is 58.0 Å². The lowest BCUT2D eigenvalue weighted by Crippen LogP contribution is -2.43. The number of rotatable bonds is 13. The zero-order chi connectivity index (χ0) is 45.9. The molecule has 13 heteroatoms. The topological polar surface area (TPSA) is 160 Å². The molecule has 2 unspecified atom stereocenters. The molecule has 11 nitrogen and oxygen atoms in total. The standard InChI is InChI=1S/C45H45F2N5O5.2C2H6.CH5N/c1-56-36-14-15-37(33-13-16-40-39(23-33)38(17-19-49-40)44(55)50-27-42(53)52-28-45(46,47)25-35(52)26-48)41(24-36)57-20-18-34(51-43(54)31-8-3-2-4-9-31)22-29-11-12-30-7-5-6-10-32(30)21-29;3*1-2/h5-7,10-17,19,21,23-24,31,34-35H,2-4,8-9,18,20,22,25,27-28H2,1H3,(H,50,55)(H,51,54);2*1-2H3;2H2,1H3. The number of nitrogens with one attached hydrogen (secondary N) is 2. The first-order valence-electron chi connectivity index (χ1n) is 22.0. The number of pyridine rings is 1. The molecule has 7 rings (SSSR count). The van der Waals surface area contributed by atoms with Crippen LogP contribution in [0.3, 0.4) is 0 Å². The maximum absolute atomic E-state index is 13.9. The van der Waals surface area contributed by atoms with Crippen LogP contribution >= 0.6 is 0 Å². The normalized spacial score (nSPS) is 15.8. The smallest absolute Gasteiger partial charge is 0.268 e. The number of benzene rings is 4. The fourth-order valence-electron chi connectivity index (χ4n) is 7.92. The van der Waals surface area contributed by atoms with Crippen molar-refractivity contribution in [3.05, 3.63) is 102 Å². The van der Waals surface area contributed by atoms with Crippen LogP contribution in [0.5, 0.6) is 11.5 Å². The summed E-state index contributed by atoms with van der Waals surface area (Å²) >= 11 is 0. The van der Waals surface area contributed by atoms with Crippen LogP contribution in [0, 0.1) is 17.2 Å². The summed E-state index contributed by atoms with van der Waals surface area (Å²) < 4.78 is 39.9. The third kappa shape index (κ3) is 13.2. The van der Waals surface area contributed by atoms with Gasteiger partial charge in [0.1, 0.15) is 17.5 Å². The molecule has 336 valence electrons. The Bertz CT molecular complexity index is 2330. The van der Waals surface area contributed by atoms with Crippen LogP contribution in [0.4, 0.5) is 8.78 Å². The fraction of sp³-hybridized carbons (Fsp3) is 0.420. The van der Waals surface area contributed by atoms with Gasteiger partial charge in [-0.3, -0.25) is 19.4 Å². The minimum atomic E-state index is -3.16. The quantitative estimate of drug-likeness (QED) is 0.106. The van der Waals surface area contributed by atoms with Crippen molar-refractivity contribution < 1.29 is 32.6 Å². The summed E-state index contributed by atoms with van der Waals surface area (Å²) in [5.74, 6) is -3.26. The van der Waals surface area contributed by atoms with E-state index in [9.17, 15) is 28.4 Å². The van der Waals surface area contributed by atoms with Gasteiger partial charge in [0.25, 0.3) is 11.8 Å². The predicted octanol–water partition coefficient (Wildman–Crippen LogP) is 9.26. The molecule has 2 aliphatic rings. The summed E-state index contributed by atoms with van der Waals surface area (Å²) in [4.78, 5) is 44.9. The first-order valence-corrected chi connectivity index (χ1v) is 22.0. The molecule has 4 aromatic carbocycles. The zero-order valence-electron chi connectivity index (χ0n) is 37.4.